The molecule has 1 aromatic rings. The van der Waals surface area contributed by atoms with Crippen molar-refractivity contribution in [3.63, 3.8) is 0 Å². The molecule has 0 atom stereocenters. The number of hydrogen-bond acceptors (Lipinski definition) is 4. The Morgan fingerprint density at radius 3 is 2.62 bits per heavy atom. The Morgan fingerprint density at radius 2 is 2.12 bits per heavy atom. The third-order valence-corrected chi connectivity index (χ3v) is 3.18. The molecule has 6 heteroatoms. The second-order valence-corrected chi connectivity index (χ2v) is 4.44. The average molecular weight is 238 g/mol. The van der Waals surface area contributed by atoms with Gasteiger partial charge in [-0.15, -0.1) is 11.3 Å². The molecule has 0 aromatic carbocycles. The predicted octanol–water partition coefficient (Wildman–Crippen LogP) is 1.65. The van der Waals surface area contributed by atoms with Crippen LogP contribution in [0, 0.1) is 25.2 Å². The molecule has 0 saturated heterocycles. The zero-order valence-electron chi connectivity index (χ0n) is 8.83. The number of aliphatic carboxylic acids is 1. The van der Waals surface area contributed by atoms with Crippen molar-refractivity contribution < 1.29 is 14.7 Å². The molecule has 0 spiro atoms. The highest BCUT2D eigenvalue weighted by atomic mass is 32.1. The molecule has 1 heterocycles. The lowest BCUT2D eigenvalue weighted by atomic mass is 10.2. The molecule has 2 N–H and O–H groups in total. The molecule has 0 bridgehead atoms. The summed E-state index contributed by atoms with van der Waals surface area (Å²) in [7, 11) is 0. The summed E-state index contributed by atoms with van der Waals surface area (Å²) in [6, 6.07) is 1.99. The fraction of sp³-hybridized carbons (Fsp3) is 0.300. The van der Waals surface area contributed by atoms with E-state index in [1.165, 1.54) is 11.3 Å². The summed E-state index contributed by atoms with van der Waals surface area (Å²) in [5.74, 6) is -1.81. The minimum atomic E-state index is -1.19. The number of aryl methyl sites for hydroxylation is 1. The zero-order valence-corrected chi connectivity index (χ0v) is 9.64. The first-order valence-electron chi connectivity index (χ1n) is 4.47. The van der Waals surface area contributed by atoms with Gasteiger partial charge in [0.15, 0.2) is 0 Å². The number of anilines is 1. The van der Waals surface area contributed by atoms with Crippen LogP contribution in [0.4, 0.5) is 5.00 Å². The molecule has 0 aliphatic rings. The summed E-state index contributed by atoms with van der Waals surface area (Å²) in [5, 5.41) is 20.2. The molecule has 5 nitrogen and oxygen atoms in total. The van der Waals surface area contributed by atoms with Crippen LogP contribution in [-0.4, -0.2) is 17.0 Å². The molecule has 0 radical (unpaired) electrons. The van der Waals surface area contributed by atoms with Crippen LogP contribution in [-0.2, 0) is 9.59 Å². The summed E-state index contributed by atoms with van der Waals surface area (Å²) in [4.78, 5) is 22.5. The lowest BCUT2D eigenvalue weighted by Gasteiger charge is -2.00. The Balaban J connectivity index is 2.90. The van der Waals surface area contributed by atoms with Crippen LogP contribution in [0.25, 0.3) is 0 Å². The molecule has 0 unspecified atom stereocenters. The summed E-state index contributed by atoms with van der Waals surface area (Å²) in [5.41, 5.74) is 1.22. The second-order valence-electron chi connectivity index (χ2n) is 3.22. The summed E-state index contributed by atoms with van der Waals surface area (Å²) in [6.07, 6.45) is -0.596. The number of carboxylic acid groups (broad SMARTS) is 1. The van der Waals surface area contributed by atoms with E-state index >= 15 is 0 Å². The number of carboxylic acids is 1. The molecule has 84 valence electrons. The van der Waals surface area contributed by atoms with Gasteiger partial charge < -0.3 is 10.4 Å². The monoisotopic (exact) mass is 238 g/mol. The van der Waals surface area contributed by atoms with Crippen molar-refractivity contribution >= 4 is 28.2 Å². The van der Waals surface area contributed by atoms with Gasteiger partial charge in [0.1, 0.15) is 17.5 Å². The van der Waals surface area contributed by atoms with Gasteiger partial charge in [0.05, 0.1) is 5.56 Å². The highest BCUT2D eigenvalue weighted by molar-refractivity contribution is 7.16. The van der Waals surface area contributed by atoms with Crippen molar-refractivity contribution in [2.45, 2.75) is 20.3 Å². The minimum absolute atomic E-state index is 0.404. The van der Waals surface area contributed by atoms with Crippen LogP contribution >= 0.6 is 11.3 Å². The summed E-state index contributed by atoms with van der Waals surface area (Å²) in [6.45, 7) is 3.63. The van der Waals surface area contributed by atoms with E-state index in [1.807, 2.05) is 13.0 Å². The van der Waals surface area contributed by atoms with E-state index in [4.69, 9.17) is 10.4 Å². The molecule has 0 fully saturated rings. The van der Waals surface area contributed by atoms with E-state index in [9.17, 15) is 9.59 Å². The van der Waals surface area contributed by atoms with Gasteiger partial charge in [-0.2, -0.15) is 5.26 Å². The number of nitrogens with zero attached hydrogens (tertiary/aromatic N) is 1. The van der Waals surface area contributed by atoms with Crippen molar-refractivity contribution in [2.24, 2.45) is 0 Å². The number of rotatable bonds is 3. The van der Waals surface area contributed by atoms with E-state index in [1.54, 1.807) is 6.92 Å². The Morgan fingerprint density at radius 1 is 1.50 bits per heavy atom. The first-order valence-corrected chi connectivity index (χ1v) is 5.29. The predicted molar refractivity (Wildman–Crippen MR) is 59.4 cm³/mol. The quantitative estimate of drug-likeness (QED) is 0.783. The van der Waals surface area contributed by atoms with E-state index in [0.29, 0.717) is 10.6 Å². The molecular weight excluding hydrogens is 228 g/mol. The standard InChI is InChI=1S/C10H10N2O3S/c1-5-6(2)16-10(7(5)4-11)12-8(13)3-9(14)15/h3H2,1-2H3,(H,12,13)(H,14,15). The maximum atomic E-state index is 11.2. The Labute approximate surface area is 96.3 Å². The van der Waals surface area contributed by atoms with E-state index in [-0.39, 0.29) is 0 Å². The number of carbonyl (C=O) groups is 2. The van der Waals surface area contributed by atoms with E-state index in [2.05, 4.69) is 5.32 Å². The largest absolute Gasteiger partial charge is 0.481 e. The number of hydrogen-bond donors (Lipinski definition) is 2. The third kappa shape index (κ3) is 2.58. The minimum Gasteiger partial charge on any atom is -0.481 e. The SMILES string of the molecule is Cc1sc(NC(=O)CC(=O)O)c(C#N)c1C. The van der Waals surface area contributed by atoms with Crippen molar-refractivity contribution in [2.75, 3.05) is 5.32 Å². The van der Waals surface area contributed by atoms with Crippen LogP contribution in [0.3, 0.4) is 0 Å². The maximum Gasteiger partial charge on any atom is 0.312 e. The van der Waals surface area contributed by atoms with Gasteiger partial charge in [-0.05, 0) is 19.4 Å². The fourth-order valence-corrected chi connectivity index (χ4v) is 2.18. The highest BCUT2D eigenvalue weighted by Gasteiger charge is 2.15. The average Bonchev–Trinajstić information content (AvgIpc) is 2.40. The highest BCUT2D eigenvalue weighted by Crippen LogP contribution is 2.31. The molecule has 1 aromatic heterocycles. The second kappa shape index (κ2) is 4.77. The smallest absolute Gasteiger partial charge is 0.312 e. The van der Waals surface area contributed by atoms with Gasteiger partial charge in [0, 0.05) is 4.88 Å². The Bertz CT molecular complexity index is 485. The molecule has 0 saturated carbocycles. The van der Waals surface area contributed by atoms with Crippen LogP contribution in [0.1, 0.15) is 22.4 Å². The van der Waals surface area contributed by atoms with Crippen LogP contribution in [0.5, 0.6) is 0 Å². The van der Waals surface area contributed by atoms with Crippen molar-refractivity contribution in [3.8, 4) is 6.07 Å². The lowest BCUT2D eigenvalue weighted by molar-refractivity contribution is -0.139. The first-order chi connectivity index (χ1) is 7.45. The number of nitriles is 1. The molecule has 16 heavy (non-hydrogen) atoms. The molecular formula is C10H10N2O3S. The molecule has 1 rings (SSSR count). The maximum absolute atomic E-state index is 11.2. The topological polar surface area (TPSA) is 90.2 Å². The molecule has 1 amide bonds. The first kappa shape index (κ1) is 12.2. The van der Waals surface area contributed by atoms with Gasteiger partial charge >= 0.3 is 5.97 Å². The third-order valence-electron chi connectivity index (χ3n) is 2.06. The molecule has 0 aliphatic heterocycles. The summed E-state index contributed by atoms with van der Waals surface area (Å²) >= 11 is 1.27. The normalized spacial score (nSPS) is 9.56. The van der Waals surface area contributed by atoms with Gasteiger partial charge in [-0.3, -0.25) is 9.59 Å². The van der Waals surface area contributed by atoms with Crippen molar-refractivity contribution in [1.29, 1.82) is 5.26 Å². The summed E-state index contributed by atoms with van der Waals surface area (Å²) < 4.78 is 0. The van der Waals surface area contributed by atoms with E-state index < -0.39 is 18.3 Å². The fourth-order valence-electron chi connectivity index (χ4n) is 1.16. The van der Waals surface area contributed by atoms with Crippen LogP contribution in [0.15, 0.2) is 0 Å². The van der Waals surface area contributed by atoms with Crippen LogP contribution in [0.2, 0.25) is 0 Å². The van der Waals surface area contributed by atoms with Crippen LogP contribution < -0.4 is 5.32 Å². The van der Waals surface area contributed by atoms with Crippen molar-refractivity contribution in [1.82, 2.24) is 0 Å². The number of carbonyl (C=O) groups excluding carboxylic acids is 1. The van der Waals surface area contributed by atoms with Gasteiger partial charge in [-0.25, -0.2) is 0 Å². The number of amides is 1. The van der Waals surface area contributed by atoms with Crippen molar-refractivity contribution in [3.05, 3.63) is 16.0 Å². The van der Waals surface area contributed by atoms with Gasteiger partial charge in [0.2, 0.25) is 5.91 Å². The number of thiophene rings is 1. The van der Waals surface area contributed by atoms with Gasteiger partial charge in [0.25, 0.3) is 0 Å². The zero-order chi connectivity index (χ0) is 12.3. The molecule has 0 aliphatic carbocycles. The number of nitrogens with one attached hydrogen (secondary N) is 1. The Hall–Kier alpha value is -1.87. The van der Waals surface area contributed by atoms with Gasteiger partial charge in [-0.1, -0.05) is 0 Å². The van der Waals surface area contributed by atoms with E-state index in [0.717, 1.165) is 10.4 Å². The Kier molecular flexibility index (Phi) is 3.64. The lowest BCUT2D eigenvalue weighted by Crippen LogP contribution is -2.15.